The second kappa shape index (κ2) is 7.59. The number of aliphatic hydroxyl groups is 1. The lowest BCUT2D eigenvalue weighted by Crippen LogP contribution is -2.50. The molecular weight excluding hydrogens is 384 g/mol. The van der Waals surface area contributed by atoms with Crippen LogP contribution in [0.25, 0.3) is 11.1 Å². The molecule has 2 N–H and O–H groups in total. The standard InChI is InChI=1S/C27H30N2O2/c1-15-9-8-10-20(13-15)11-12-21-22(24-18(4)29-31-19(24)5)14-16(2)25-23(21)17(3)26(30)27(6,7)28-25/h8-10,13-14,17,26,28,30H,1-7H3/t17-,26?/m0/s1. The Morgan fingerprint density at radius 2 is 1.84 bits per heavy atom. The SMILES string of the molecule is Cc1cccc(C#Cc2c(-c3c(C)noc3C)cc(C)c3c2[C@H](C)C(O)C(C)(C)N3)c1. The number of aryl methyl sites for hydroxylation is 4. The van der Waals surface area contributed by atoms with Gasteiger partial charge in [-0.3, -0.25) is 0 Å². The van der Waals surface area contributed by atoms with Gasteiger partial charge in [0.1, 0.15) is 5.76 Å². The lowest BCUT2D eigenvalue weighted by Gasteiger charge is -2.43. The summed E-state index contributed by atoms with van der Waals surface area (Å²) in [4.78, 5) is 0. The van der Waals surface area contributed by atoms with E-state index in [-0.39, 0.29) is 5.92 Å². The van der Waals surface area contributed by atoms with E-state index >= 15 is 0 Å². The average Bonchev–Trinajstić information content (AvgIpc) is 3.04. The molecule has 1 aromatic heterocycles. The Labute approximate surface area is 184 Å². The smallest absolute Gasteiger partial charge is 0.141 e. The first-order valence-corrected chi connectivity index (χ1v) is 10.8. The van der Waals surface area contributed by atoms with Crippen molar-refractivity contribution in [1.29, 1.82) is 0 Å². The zero-order valence-corrected chi connectivity index (χ0v) is 19.3. The molecule has 2 heterocycles. The van der Waals surface area contributed by atoms with Gasteiger partial charge in [0.25, 0.3) is 0 Å². The van der Waals surface area contributed by atoms with Gasteiger partial charge in [0.05, 0.1) is 17.3 Å². The molecule has 0 aliphatic carbocycles. The zero-order chi connectivity index (χ0) is 22.5. The number of aliphatic hydroxyl groups excluding tert-OH is 1. The van der Waals surface area contributed by atoms with Crippen LogP contribution in [0.5, 0.6) is 0 Å². The van der Waals surface area contributed by atoms with Gasteiger partial charge in [0.15, 0.2) is 0 Å². The predicted molar refractivity (Wildman–Crippen MR) is 125 cm³/mol. The Morgan fingerprint density at radius 1 is 1.10 bits per heavy atom. The van der Waals surface area contributed by atoms with E-state index < -0.39 is 11.6 Å². The summed E-state index contributed by atoms with van der Waals surface area (Å²) in [5.41, 5.74) is 8.71. The molecule has 4 heteroatoms. The molecule has 1 aliphatic rings. The quantitative estimate of drug-likeness (QED) is 0.506. The molecule has 4 rings (SSSR count). The molecule has 3 aromatic rings. The highest BCUT2D eigenvalue weighted by Gasteiger charge is 2.41. The fourth-order valence-electron chi connectivity index (χ4n) is 4.70. The fourth-order valence-corrected chi connectivity index (χ4v) is 4.70. The van der Waals surface area contributed by atoms with Gasteiger partial charge >= 0.3 is 0 Å². The van der Waals surface area contributed by atoms with Gasteiger partial charge in [0.2, 0.25) is 0 Å². The largest absolute Gasteiger partial charge is 0.390 e. The number of hydrogen-bond donors (Lipinski definition) is 2. The minimum atomic E-state index is -0.543. The Hall–Kier alpha value is -3.03. The molecule has 160 valence electrons. The third-order valence-corrected chi connectivity index (χ3v) is 6.33. The number of hydrogen-bond acceptors (Lipinski definition) is 4. The van der Waals surface area contributed by atoms with E-state index in [9.17, 15) is 5.11 Å². The van der Waals surface area contributed by atoms with Crippen molar-refractivity contribution < 1.29 is 9.63 Å². The normalized spacial score (nSPS) is 19.2. The maximum atomic E-state index is 11.1. The third-order valence-electron chi connectivity index (χ3n) is 6.33. The average molecular weight is 415 g/mol. The minimum Gasteiger partial charge on any atom is -0.390 e. The lowest BCUT2D eigenvalue weighted by molar-refractivity contribution is 0.0868. The Balaban J connectivity index is 2.03. The first kappa shape index (κ1) is 21.2. The fraction of sp³-hybridized carbons (Fsp3) is 0.370. The van der Waals surface area contributed by atoms with Gasteiger partial charge in [-0.1, -0.05) is 36.1 Å². The third kappa shape index (κ3) is 3.64. The second-order valence-electron chi connectivity index (χ2n) is 9.30. The number of rotatable bonds is 1. The van der Waals surface area contributed by atoms with Crippen LogP contribution >= 0.6 is 0 Å². The van der Waals surface area contributed by atoms with Crippen molar-refractivity contribution >= 4 is 5.69 Å². The van der Waals surface area contributed by atoms with Gasteiger partial charge < -0.3 is 14.9 Å². The van der Waals surface area contributed by atoms with Crippen molar-refractivity contribution in [2.24, 2.45) is 0 Å². The summed E-state index contributed by atoms with van der Waals surface area (Å²) < 4.78 is 5.48. The topological polar surface area (TPSA) is 58.3 Å². The van der Waals surface area contributed by atoms with E-state index in [1.54, 1.807) is 0 Å². The number of aromatic nitrogens is 1. The molecule has 0 saturated carbocycles. The summed E-state index contributed by atoms with van der Waals surface area (Å²) in [7, 11) is 0. The number of anilines is 1. The van der Waals surface area contributed by atoms with Crippen molar-refractivity contribution in [2.75, 3.05) is 5.32 Å². The van der Waals surface area contributed by atoms with Crippen LogP contribution in [-0.4, -0.2) is 21.9 Å². The van der Waals surface area contributed by atoms with Gasteiger partial charge in [-0.2, -0.15) is 0 Å². The van der Waals surface area contributed by atoms with Crippen molar-refractivity contribution in [3.05, 3.63) is 69.6 Å². The van der Waals surface area contributed by atoms with E-state index in [1.165, 1.54) is 5.56 Å². The molecule has 0 amide bonds. The Kier molecular flexibility index (Phi) is 5.19. The van der Waals surface area contributed by atoms with Crippen molar-refractivity contribution in [1.82, 2.24) is 5.16 Å². The summed E-state index contributed by atoms with van der Waals surface area (Å²) in [6, 6.07) is 10.4. The highest BCUT2D eigenvalue weighted by molar-refractivity contribution is 5.83. The highest BCUT2D eigenvalue weighted by Crippen LogP contribution is 2.46. The molecule has 2 atom stereocenters. The van der Waals surface area contributed by atoms with Crippen LogP contribution in [0.15, 0.2) is 34.9 Å². The summed E-state index contributed by atoms with van der Waals surface area (Å²) in [6.07, 6.45) is -0.543. The molecule has 1 unspecified atom stereocenters. The van der Waals surface area contributed by atoms with E-state index in [1.807, 2.05) is 39.8 Å². The molecule has 0 fully saturated rings. The zero-order valence-electron chi connectivity index (χ0n) is 19.3. The highest BCUT2D eigenvalue weighted by atomic mass is 16.5. The first-order chi connectivity index (χ1) is 14.6. The van der Waals surface area contributed by atoms with Crippen molar-refractivity contribution in [2.45, 2.75) is 66.0 Å². The van der Waals surface area contributed by atoms with E-state index in [2.05, 4.69) is 61.3 Å². The molecule has 0 radical (unpaired) electrons. The molecular formula is C27H30N2O2. The van der Waals surface area contributed by atoms with Crippen LogP contribution in [0, 0.1) is 39.5 Å². The van der Waals surface area contributed by atoms with Crippen LogP contribution in [0.4, 0.5) is 5.69 Å². The van der Waals surface area contributed by atoms with Gasteiger partial charge in [-0.05, 0) is 76.4 Å². The molecule has 31 heavy (non-hydrogen) atoms. The van der Waals surface area contributed by atoms with Gasteiger partial charge in [-0.15, -0.1) is 0 Å². The molecule has 1 aliphatic heterocycles. The van der Waals surface area contributed by atoms with Crippen LogP contribution < -0.4 is 5.32 Å². The first-order valence-electron chi connectivity index (χ1n) is 10.8. The van der Waals surface area contributed by atoms with E-state index in [0.717, 1.165) is 50.5 Å². The summed E-state index contributed by atoms with van der Waals surface area (Å²) in [5, 5.41) is 18.8. The maximum Gasteiger partial charge on any atom is 0.141 e. The molecule has 0 bridgehead atoms. The Bertz CT molecular complexity index is 1200. The molecule has 0 saturated heterocycles. The van der Waals surface area contributed by atoms with Crippen LogP contribution in [0.2, 0.25) is 0 Å². The van der Waals surface area contributed by atoms with Crippen molar-refractivity contribution in [3.8, 4) is 23.0 Å². The maximum absolute atomic E-state index is 11.1. The summed E-state index contributed by atoms with van der Waals surface area (Å²) in [6.45, 7) is 14.2. The van der Waals surface area contributed by atoms with Crippen molar-refractivity contribution in [3.63, 3.8) is 0 Å². The molecule has 0 spiro atoms. The van der Waals surface area contributed by atoms with E-state index in [4.69, 9.17) is 4.52 Å². The monoisotopic (exact) mass is 414 g/mol. The van der Waals surface area contributed by atoms with E-state index in [0.29, 0.717) is 0 Å². The summed E-state index contributed by atoms with van der Waals surface area (Å²) in [5.74, 6) is 7.52. The van der Waals surface area contributed by atoms with Crippen LogP contribution in [0.3, 0.4) is 0 Å². The van der Waals surface area contributed by atoms with Gasteiger partial charge in [-0.25, -0.2) is 0 Å². The number of benzene rings is 2. The van der Waals surface area contributed by atoms with Crippen LogP contribution in [-0.2, 0) is 0 Å². The number of nitrogens with one attached hydrogen (secondary N) is 1. The van der Waals surface area contributed by atoms with Gasteiger partial charge in [0, 0.05) is 33.9 Å². The minimum absolute atomic E-state index is 0.0767. The van der Waals surface area contributed by atoms with Crippen LogP contribution in [0.1, 0.15) is 66.0 Å². The number of fused-ring (bicyclic) bond motifs is 1. The summed E-state index contributed by atoms with van der Waals surface area (Å²) >= 11 is 0. The lowest BCUT2D eigenvalue weighted by atomic mass is 9.75. The second-order valence-corrected chi connectivity index (χ2v) is 9.30. The predicted octanol–water partition coefficient (Wildman–Crippen LogP) is 5.64. The number of nitrogens with zero attached hydrogens (tertiary/aromatic N) is 1. The Morgan fingerprint density at radius 3 is 2.48 bits per heavy atom. The molecule has 2 aromatic carbocycles. The molecule has 4 nitrogen and oxygen atoms in total.